The van der Waals surface area contributed by atoms with Gasteiger partial charge in [0.2, 0.25) is 5.91 Å². The van der Waals surface area contributed by atoms with E-state index in [9.17, 15) is 14.0 Å². The normalized spacial score (nSPS) is 15.9. The molecule has 1 aromatic heterocycles. The van der Waals surface area contributed by atoms with Crippen molar-refractivity contribution in [1.82, 2.24) is 4.98 Å². The number of aliphatic carboxylic acids is 1. The molecule has 8 nitrogen and oxygen atoms in total. The average molecular weight is 426 g/mol. The molecule has 1 aliphatic rings. The highest BCUT2D eigenvalue weighted by molar-refractivity contribution is 6.07. The van der Waals surface area contributed by atoms with Gasteiger partial charge in [-0.25, -0.2) is 4.39 Å². The number of carbonyl (C=O) groups excluding carboxylic acids is 1. The minimum atomic E-state index is -1.18. The molecule has 0 saturated carbocycles. The first-order valence-corrected chi connectivity index (χ1v) is 9.45. The summed E-state index contributed by atoms with van der Waals surface area (Å²) in [5.74, 6) is -2.22. The van der Waals surface area contributed by atoms with Crippen molar-refractivity contribution < 1.29 is 33.3 Å². The number of fused-ring (bicyclic) bond motifs is 1. The first-order valence-electron chi connectivity index (χ1n) is 9.45. The third-order valence-electron chi connectivity index (χ3n) is 5.16. The molecule has 1 unspecified atom stereocenters. The van der Waals surface area contributed by atoms with Crippen molar-refractivity contribution in [2.24, 2.45) is 5.92 Å². The molecule has 2 aromatic carbocycles. The number of nitrogens with zero attached hydrogens (tertiary/aromatic N) is 2. The number of carbonyl (C=O) groups is 2. The molecule has 1 saturated heterocycles. The van der Waals surface area contributed by atoms with E-state index < -0.39 is 23.6 Å². The summed E-state index contributed by atoms with van der Waals surface area (Å²) in [6, 6.07) is 9.07. The molecule has 1 aliphatic heterocycles. The molecular formula is C22H19FN2O6. The lowest BCUT2D eigenvalue weighted by Crippen LogP contribution is -2.30. The number of ether oxygens (including phenoxy) is 3. The molecule has 0 bridgehead atoms. The second kappa shape index (κ2) is 8.10. The molecule has 0 aliphatic carbocycles. The summed E-state index contributed by atoms with van der Waals surface area (Å²) >= 11 is 0. The van der Waals surface area contributed by atoms with E-state index in [-0.39, 0.29) is 24.4 Å². The maximum atomic E-state index is 14.8. The fraction of sp³-hybridized carbons (Fsp3) is 0.227. The lowest BCUT2D eigenvalue weighted by molar-refractivity contribution is -0.144. The number of carboxylic acid groups (broad SMARTS) is 1. The fourth-order valence-electron chi connectivity index (χ4n) is 3.56. The number of hydrogen-bond donors (Lipinski definition) is 1. The van der Waals surface area contributed by atoms with E-state index in [2.05, 4.69) is 4.98 Å². The Balaban J connectivity index is 1.64. The Kier molecular flexibility index (Phi) is 5.33. The number of methoxy groups -OCH3 is 2. The van der Waals surface area contributed by atoms with Crippen LogP contribution in [0.1, 0.15) is 6.42 Å². The predicted molar refractivity (Wildman–Crippen MR) is 109 cm³/mol. The molecule has 3 aromatic rings. The van der Waals surface area contributed by atoms with Crippen LogP contribution in [0.3, 0.4) is 0 Å². The van der Waals surface area contributed by atoms with Gasteiger partial charge >= 0.3 is 5.97 Å². The van der Waals surface area contributed by atoms with Crippen LogP contribution >= 0.6 is 0 Å². The lowest BCUT2D eigenvalue weighted by Gasteiger charge is -2.17. The van der Waals surface area contributed by atoms with E-state index in [0.29, 0.717) is 28.2 Å². The third-order valence-corrected chi connectivity index (χ3v) is 5.16. The van der Waals surface area contributed by atoms with Crippen LogP contribution in [-0.4, -0.2) is 42.7 Å². The summed E-state index contributed by atoms with van der Waals surface area (Å²) in [5.41, 5.74) is 0.860. The van der Waals surface area contributed by atoms with E-state index in [0.717, 1.165) is 6.07 Å². The van der Waals surface area contributed by atoms with E-state index in [1.807, 2.05) is 0 Å². The number of aromatic nitrogens is 1. The van der Waals surface area contributed by atoms with Crippen LogP contribution in [0.5, 0.6) is 23.0 Å². The highest BCUT2D eigenvalue weighted by Gasteiger charge is 2.37. The number of pyridine rings is 1. The Morgan fingerprint density at radius 2 is 1.84 bits per heavy atom. The molecule has 4 rings (SSSR count). The lowest BCUT2D eigenvalue weighted by atomic mass is 10.1. The zero-order chi connectivity index (χ0) is 22.1. The summed E-state index contributed by atoms with van der Waals surface area (Å²) in [6.07, 6.45) is 1.72. The van der Waals surface area contributed by atoms with Gasteiger partial charge in [0.1, 0.15) is 11.7 Å². The van der Waals surface area contributed by atoms with Gasteiger partial charge in [-0.05, 0) is 30.7 Å². The number of amides is 1. The molecule has 1 amide bonds. The molecule has 160 valence electrons. The van der Waals surface area contributed by atoms with Gasteiger partial charge in [0.15, 0.2) is 23.1 Å². The van der Waals surface area contributed by atoms with Crippen LogP contribution in [0.25, 0.3) is 10.9 Å². The zero-order valence-corrected chi connectivity index (χ0v) is 16.8. The molecule has 1 fully saturated rings. The predicted octanol–water partition coefficient (Wildman–Crippen LogP) is 3.62. The summed E-state index contributed by atoms with van der Waals surface area (Å²) in [5, 5.41) is 9.70. The number of halogens is 1. The van der Waals surface area contributed by atoms with E-state index in [1.54, 1.807) is 18.2 Å². The van der Waals surface area contributed by atoms with Crippen molar-refractivity contribution in [2.45, 2.75) is 6.42 Å². The van der Waals surface area contributed by atoms with Crippen LogP contribution < -0.4 is 19.1 Å². The van der Waals surface area contributed by atoms with Crippen LogP contribution in [0.4, 0.5) is 10.1 Å². The number of carboxylic acids is 1. The summed E-state index contributed by atoms with van der Waals surface area (Å²) in [7, 11) is 3.03. The number of hydrogen-bond acceptors (Lipinski definition) is 6. The summed E-state index contributed by atoms with van der Waals surface area (Å²) < 4.78 is 31.2. The van der Waals surface area contributed by atoms with Crippen molar-refractivity contribution in [2.75, 3.05) is 25.7 Å². The Hall–Kier alpha value is -3.88. The van der Waals surface area contributed by atoms with Gasteiger partial charge in [-0.15, -0.1) is 0 Å². The maximum absolute atomic E-state index is 14.8. The first-order chi connectivity index (χ1) is 14.9. The Morgan fingerprint density at radius 1 is 1.10 bits per heavy atom. The van der Waals surface area contributed by atoms with E-state index >= 15 is 0 Å². The van der Waals surface area contributed by atoms with Crippen LogP contribution in [-0.2, 0) is 9.59 Å². The largest absolute Gasteiger partial charge is 0.493 e. The molecular weight excluding hydrogens is 407 g/mol. The first kappa shape index (κ1) is 20.4. The minimum absolute atomic E-state index is 0.0486. The zero-order valence-electron chi connectivity index (χ0n) is 16.8. The molecule has 1 atom stereocenters. The summed E-state index contributed by atoms with van der Waals surface area (Å²) in [4.78, 5) is 29.0. The number of benzene rings is 2. The summed E-state index contributed by atoms with van der Waals surface area (Å²) in [6.45, 7) is 0.214. The second-order valence-electron chi connectivity index (χ2n) is 6.92. The van der Waals surface area contributed by atoms with Gasteiger partial charge in [0, 0.05) is 35.9 Å². The monoisotopic (exact) mass is 426 g/mol. The van der Waals surface area contributed by atoms with Gasteiger partial charge in [0.05, 0.1) is 19.7 Å². The second-order valence-corrected chi connectivity index (χ2v) is 6.92. The molecule has 2 heterocycles. The molecule has 1 N–H and O–H groups in total. The quantitative estimate of drug-likeness (QED) is 0.601. The van der Waals surface area contributed by atoms with Crippen LogP contribution in [0.2, 0.25) is 0 Å². The van der Waals surface area contributed by atoms with Crippen molar-refractivity contribution in [1.29, 1.82) is 0 Å². The van der Waals surface area contributed by atoms with E-state index in [4.69, 9.17) is 19.3 Å². The van der Waals surface area contributed by atoms with Crippen molar-refractivity contribution in [3.63, 3.8) is 0 Å². The fourth-order valence-corrected chi connectivity index (χ4v) is 3.56. The van der Waals surface area contributed by atoms with Gasteiger partial charge in [-0.1, -0.05) is 0 Å². The topological polar surface area (TPSA) is 98.2 Å². The highest BCUT2D eigenvalue weighted by Crippen LogP contribution is 2.38. The Labute approximate surface area is 176 Å². The van der Waals surface area contributed by atoms with Crippen molar-refractivity contribution >= 4 is 28.5 Å². The third kappa shape index (κ3) is 3.70. The Morgan fingerprint density at radius 3 is 2.48 bits per heavy atom. The highest BCUT2D eigenvalue weighted by atomic mass is 19.1. The molecule has 31 heavy (non-hydrogen) atoms. The SMILES string of the molecule is COc1cc2nccc(Oc3ccc(N4CCC(C(=O)O)C4=O)cc3F)c2cc1OC. The number of anilines is 1. The standard InChI is InChI=1S/C22H19FN2O6/c1-29-19-10-14-16(11-20(19)30-2)24-7-5-17(14)31-18-4-3-12(9-15(18)23)25-8-6-13(21(25)26)22(27)28/h3-5,7,9-11,13H,6,8H2,1-2H3,(H,27,28). The van der Waals surface area contributed by atoms with Crippen molar-refractivity contribution in [3.8, 4) is 23.0 Å². The molecule has 0 spiro atoms. The molecule has 0 radical (unpaired) electrons. The minimum Gasteiger partial charge on any atom is -0.493 e. The number of rotatable bonds is 6. The van der Waals surface area contributed by atoms with Crippen LogP contribution in [0.15, 0.2) is 42.6 Å². The Bertz CT molecular complexity index is 1180. The van der Waals surface area contributed by atoms with Gasteiger partial charge in [-0.2, -0.15) is 0 Å². The van der Waals surface area contributed by atoms with Gasteiger partial charge in [0.25, 0.3) is 0 Å². The smallest absolute Gasteiger partial charge is 0.316 e. The van der Waals surface area contributed by atoms with Gasteiger partial charge < -0.3 is 24.2 Å². The maximum Gasteiger partial charge on any atom is 0.316 e. The average Bonchev–Trinajstić information content (AvgIpc) is 3.15. The van der Waals surface area contributed by atoms with Crippen molar-refractivity contribution in [3.05, 3.63) is 48.4 Å². The van der Waals surface area contributed by atoms with E-state index in [1.165, 1.54) is 37.4 Å². The molecule has 9 heteroatoms. The van der Waals surface area contributed by atoms with Crippen LogP contribution in [0, 0.1) is 11.7 Å². The van der Waals surface area contributed by atoms with Gasteiger partial charge in [-0.3, -0.25) is 14.6 Å².